The maximum absolute atomic E-state index is 5.84. The minimum absolute atomic E-state index is 0.232. The molecular weight excluding hydrogens is 222 g/mol. The van der Waals surface area contributed by atoms with Gasteiger partial charge in [-0.25, -0.2) is 0 Å². The van der Waals surface area contributed by atoms with E-state index in [9.17, 15) is 0 Å². The van der Waals surface area contributed by atoms with Crippen LogP contribution in [0, 0.1) is 6.92 Å². The van der Waals surface area contributed by atoms with Crippen molar-refractivity contribution in [3.05, 3.63) is 41.6 Å². The maximum Gasteiger partial charge on any atom is 0.0705 e. The first kappa shape index (κ1) is 13.0. The van der Waals surface area contributed by atoms with E-state index >= 15 is 0 Å². The van der Waals surface area contributed by atoms with Crippen LogP contribution in [0.1, 0.15) is 30.6 Å². The Morgan fingerprint density at radius 2 is 2.11 bits per heavy atom. The van der Waals surface area contributed by atoms with Crippen LogP contribution in [0.3, 0.4) is 0 Å². The van der Waals surface area contributed by atoms with Crippen molar-refractivity contribution in [1.29, 1.82) is 0 Å². The third kappa shape index (κ3) is 2.86. The van der Waals surface area contributed by atoms with Gasteiger partial charge in [0.05, 0.1) is 5.52 Å². The highest BCUT2D eigenvalue weighted by atomic mass is 14.9. The summed E-state index contributed by atoms with van der Waals surface area (Å²) in [6, 6.07) is 10.8. The van der Waals surface area contributed by atoms with Crippen molar-refractivity contribution in [1.82, 2.24) is 10.3 Å². The van der Waals surface area contributed by atoms with Gasteiger partial charge >= 0.3 is 0 Å². The Morgan fingerprint density at radius 3 is 2.83 bits per heavy atom. The Kier molecular flexibility index (Phi) is 4.28. The predicted molar refractivity (Wildman–Crippen MR) is 76.6 cm³/mol. The molecule has 1 aromatic carbocycles. The second-order valence-corrected chi connectivity index (χ2v) is 4.65. The number of nitrogens with zero attached hydrogens (tertiary/aromatic N) is 1. The highest BCUT2D eigenvalue weighted by Crippen LogP contribution is 2.19. The van der Waals surface area contributed by atoms with Crippen LogP contribution < -0.4 is 11.1 Å². The summed E-state index contributed by atoms with van der Waals surface area (Å²) in [5, 5.41) is 4.64. The highest BCUT2D eigenvalue weighted by molar-refractivity contribution is 5.79. The molecule has 0 spiro atoms. The number of nitrogens with two attached hydrogens (primary N) is 1. The van der Waals surface area contributed by atoms with Crippen molar-refractivity contribution in [2.45, 2.75) is 26.3 Å². The zero-order valence-electron chi connectivity index (χ0n) is 11.1. The van der Waals surface area contributed by atoms with Crippen LogP contribution in [-0.2, 0) is 0 Å². The van der Waals surface area contributed by atoms with Gasteiger partial charge in [-0.05, 0) is 43.7 Å². The van der Waals surface area contributed by atoms with Crippen molar-refractivity contribution in [2.75, 3.05) is 13.1 Å². The summed E-state index contributed by atoms with van der Waals surface area (Å²) in [7, 11) is 0. The van der Waals surface area contributed by atoms with Crippen molar-refractivity contribution in [3.8, 4) is 0 Å². The van der Waals surface area contributed by atoms with E-state index in [-0.39, 0.29) is 6.04 Å². The topological polar surface area (TPSA) is 50.9 Å². The average molecular weight is 243 g/mol. The molecular formula is C15H21N3. The minimum atomic E-state index is 0.232. The van der Waals surface area contributed by atoms with E-state index in [0.717, 1.165) is 24.2 Å². The van der Waals surface area contributed by atoms with E-state index in [0.29, 0.717) is 6.54 Å². The average Bonchev–Trinajstić information content (AvgIpc) is 2.39. The second-order valence-electron chi connectivity index (χ2n) is 4.65. The summed E-state index contributed by atoms with van der Waals surface area (Å²) in [4.78, 5) is 4.51. The quantitative estimate of drug-likeness (QED) is 0.848. The van der Waals surface area contributed by atoms with Crippen molar-refractivity contribution in [3.63, 3.8) is 0 Å². The van der Waals surface area contributed by atoms with Gasteiger partial charge in [0, 0.05) is 23.7 Å². The summed E-state index contributed by atoms with van der Waals surface area (Å²) in [5.74, 6) is 0. The highest BCUT2D eigenvalue weighted by Gasteiger charge is 2.09. The van der Waals surface area contributed by atoms with Gasteiger partial charge in [0.15, 0.2) is 0 Å². The molecule has 0 saturated carbocycles. The second kappa shape index (κ2) is 5.94. The summed E-state index contributed by atoms with van der Waals surface area (Å²) in [6.45, 7) is 5.78. The van der Waals surface area contributed by atoms with Crippen molar-refractivity contribution < 1.29 is 0 Å². The lowest BCUT2D eigenvalue weighted by Crippen LogP contribution is -2.28. The Morgan fingerprint density at radius 1 is 1.28 bits per heavy atom. The molecule has 0 aliphatic rings. The van der Waals surface area contributed by atoms with Crippen LogP contribution in [0.25, 0.3) is 10.9 Å². The number of aryl methyl sites for hydroxylation is 1. The van der Waals surface area contributed by atoms with Gasteiger partial charge in [0.2, 0.25) is 0 Å². The lowest BCUT2D eigenvalue weighted by atomic mass is 10.0. The molecule has 1 heterocycles. The molecule has 1 unspecified atom stereocenters. The van der Waals surface area contributed by atoms with E-state index in [4.69, 9.17) is 5.73 Å². The number of benzene rings is 1. The van der Waals surface area contributed by atoms with E-state index in [2.05, 4.69) is 41.5 Å². The van der Waals surface area contributed by atoms with Gasteiger partial charge in [-0.3, -0.25) is 4.98 Å². The summed E-state index contributed by atoms with van der Waals surface area (Å²) >= 11 is 0. The van der Waals surface area contributed by atoms with E-state index in [1.165, 1.54) is 10.9 Å². The van der Waals surface area contributed by atoms with Crippen LogP contribution in [0.15, 0.2) is 30.3 Å². The first-order valence-electron chi connectivity index (χ1n) is 6.55. The van der Waals surface area contributed by atoms with Gasteiger partial charge in [-0.2, -0.15) is 0 Å². The van der Waals surface area contributed by atoms with Crippen LogP contribution in [0.2, 0.25) is 0 Å². The normalized spacial score (nSPS) is 12.8. The lowest BCUT2D eigenvalue weighted by molar-refractivity contribution is 0.540. The molecule has 2 aromatic rings. The molecule has 0 aliphatic carbocycles. The number of aromatic nitrogens is 1. The number of rotatable bonds is 5. The zero-order valence-corrected chi connectivity index (χ0v) is 11.1. The number of fused-ring (bicyclic) bond motifs is 1. The minimum Gasteiger partial charge on any atom is -0.329 e. The summed E-state index contributed by atoms with van der Waals surface area (Å²) in [5.41, 5.74) is 9.17. The SMILES string of the molecule is CCCNC(CN)c1ccc2nc(C)ccc2c1. The monoisotopic (exact) mass is 243 g/mol. The van der Waals surface area contributed by atoms with Gasteiger partial charge in [0.1, 0.15) is 0 Å². The fourth-order valence-corrected chi connectivity index (χ4v) is 2.12. The standard InChI is InChI=1S/C15H21N3/c1-3-8-17-15(10-16)13-6-7-14-12(9-13)5-4-11(2)18-14/h4-7,9,15,17H,3,8,10,16H2,1-2H3. The Labute approximate surface area is 108 Å². The van der Waals surface area contributed by atoms with E-state index in [1.807, 2.05) is 13.0 Å². The smallest absolute Gasteiger partial charge is 0.0705 e. The fourth-order valence-electron chi connectivity index (χ4n) is 2.12. The number of hydrogen-bond donors (Lipinski definition) is 2. The zero-order chi connectivity index (χ0) is 13.0. The molecule has 18 heavy (non-hydrogen) atoms. The third-order valence-electron chi connectivity index (χ3n) is 3.13. The molecule has 0 amide bonds. The number of nitrogens with one attached hydrogen (secondary N) is 1. The van der Waals surface area contributed by atoms with Gasteiger partial charge in [-0.15, -0.1) is 0 Å². The molecule has 0 bridgehead atoms. The van der Waals surface area contributed by atoms with Gasteiger partial charge in [-0.1, -0.05) is 19.1 Å². The molecule has 3 heteroatoms. The van der Waals surface area contributed by atoms with Gasteiger partial charge < -0.3 is 11.1 Å². The van der Waals surface area contributed by atoms with Crippen LogP contribution in [-0.4, -0.2) is 18.1 Å². The third-order valence-corrected chi connectivity index (χ3v) is 3.13. The predicted octanol–water partition coefficient (Wildman–Crippen LogP) is 2.54. The lowest BCUT2D eigenvalue weighted by Gasteiger charge is -2.17. The van der Waals surface area contributed by atoms with Crippen LogP contribution in [0.4, 0.5) is 0 Å². The molecule has 0 aliphatic heterocycles. The molecule has 0 saturated heterocycles. The molecule has 3 nitrogen and oxygen atoms in total. The molecule has 0 fully saturated rings. The maximum atomic E-state index is 5.84. The molecule has 0 radical (unpaired) electrons. The van der Waals surface area contributed by atoms with Crippen LogP contribution in [0.5, 0.6) is 0 Å². The Bertz CT molecular complexity index is 522. The molecule has 1 aromatic heterocycles. The number of hydrogen-bond acceptors (Lipinski definition) is 3. The summed E-state index contributed by atoms with van der Waals surface area (Å²) in [6.07, 6.45) is 1.12. The van der Waals surface area contributed by atoms with E-state index < -0.39 is 0 Å². The Balaban J connectivity index is 2.30. The molecule has 1 atom stereocenters. The van der Waals surface area contributed by atoms with Gasteiger partial charge in [0.25, 0.3) is 0 Å². The summed E-state index contributed by atoms with van der Waals surface area (Å²) < 4.78 is 0. The number of pyridine rings is 1. The fraction of sp³-hybridized carbons (Fsp3) is 0.400. The van der Waals surface area contributed by atoms with Crippen LogP contribution >= 0.6 is 0 Å². The largest absolute Gasteiger partial charge is 0.329 e. The van der Waals surface area contributed by atoms with Crippen molar-refractivity contribution in [2.24, 2.45) is 5.73 Å². The molecule has 96 valence electrons. The van der Waals surface area contributed by atoms with Crippen molar-refractivity contribution >= 4 is 10.9 Å². The van der Waals surface area contributed by atoms with E-state index in [1.54, 1.807) is 0 Å². The molecule has 3 N–H and O–H groups in total. The first-order valence-corrected chi connectivity index (χ1v) is 6.55. The molecule has 2 rings (SSSR count). The Hall–Kier alpha value is -1.45. The first-order chi connectivity index (χ1) is 8.74.